The van der Waals surface area contributed by atoms with Gasteiger partial charge in [0.25, 0.3) is 16.8 Å². The van der Waals surface area contributed by atoms with E-state index in [-0.39, 0.29) is 39.8 Å². The summed E-state index contributed by atoms with van der Waals surface area (Å²) < 4.78 is 17.6. The summed E-state index contributed by atoms with van der Waals surface area (Å²) in [4.78, 5) is 37.1. The molecule has 0 spiro atoms. The van der Waals surface area contributed by atoms with Crippen molar-refractivity contribution in [3.8, 4) is 22.8 Å². The Kier molecular flexibility index (Phi) is 5.08. The Morgan fingerprint density at radius 1 is 1.03 bits per heavy atom. The maximum absolute atomic E-state index is 13.1. The van der Waals surface area contributed by atoms with E-state index in [1.54, 1.807) is 48.5 Å². The summed E-state index contributed by atoms with van der Waals surface area (Å²) >= 11 is 0.994. The van der Waals surface area contributed by atoms with Crippen LogP contribution in [-0.2, 0) is 6.42 Å². The van der Waals surface area contributed by atoms with Gasteiger partial charge in [0.1, 0.15) is 21.7 Å². The molecule has 3 aromatic heterocycles. The molecule has 0 radical (unpaired) electrons. The Bertz CT molecular complexity index is 1840. The first kappa shape index (κ1) is 21.7. The second-order valence-electron chi connectivity index (χ2n) is 7.83. The highest BCUT2D eigenvalue weighted by atomic mass is 32.1. The van der Waals surface area contributed by atoms with Crippen LogP contribution in [0.2, 0.25) is 0 Å². The fourth-order valence-corrected chi connectivity index (χ4v) is 4.79. The van der Waals surface area contributed by atoms with Gasteiger partial charge in [-0.25, -0.2) is 4.40 Å². The van der Waals surface area contributed by atoms with E-state index in [0.717, 1.165) is 21.3 Å². The van der Waals surface area contributed by atoms with Crippen molar-refractivity contribution in [2.24, 2.45) is 0 Å². The van der Waals surface area contributed by atoms with Crippen LogP contribution < -0.4 is 25.1 Å². The molecule has 1 aliphatic rings. The van der Waals surface area contributed by atoms with Crippen molar-refractivity contribution in [3.63, 3.8) is 0 Å². The number of nitro groups is 1. The third-order valence-corrected chi connectivity index (χ3v) is 6.55. The minimum atomic E-state index is -0.557. The van der Waals surface area contributed by atoms with Crippen LogP contribution in [-0.4, -0.2) is 26.3 Å². The average Bonchev–Trinajstić information content (AvgIpc) is 3.60. The number of fused-ring (bicyclic) bond motifs is 2. The maximum atomic E-state index is 13.1. The predicted molar refractivity (Wildman–Crippen MR) is 128 cm³/mol. The first-order chi connectivity index (χ1) is 17.5. The molecule has 0 saturated carbocycles. The molecular weight excluding hydrogens is 488 g/mol. The van der Waals surface area contributed by atoms with Crippen molar-refractivity contribution in [3.05, 3.63) is 107 Å². The quantitative estimate of drug-likeness (QED) is 0.262. The second-order valence-corrected chi connectivity index (χ2v) is 8.84. The summed E-state index contributed by atoms with van der Waals surface area (Å²) in [6.07, 6.45) is 1.63. The molecular formula is C24H14N4O7S. The summed E-state index contributed by atoms with van der Waals surface area (Å²) in [7, 11) is 0. The number of rotatable bonds is 5. The molecule has 1 aliphatic heterocycles. The maximum Gasteiger partial charge on any atom is 0.283 e. The van der Waals surface area contributed by atoms with E-state index in [0.29, 0.717) is 22.8 Å². The van der Waals surface area contributed by atoms with Crippen molar-refractivity contribution in [2.75, 3.05) is 6.79 Å². The number of thiazole rings is 1. The second kappa shape index (κ2) is 8.43. The Morgan fingerprint density at radius 2 is 1.86 bits per heavy atom. The highest BCUT2D eigenvalue weighted by molar-refractivity contribution is 7.15. The van der Waals surface area contributed by atoms with Gasteiger partial charge >= 0.3 is 0 Å². The van der Waals surface area contributed by atoms with Crippen molar-refractivity contribution < 1.29 is 18.8 Å². The smallest absolute Gasteiger partial charge is 0.283 e. The molecule has 0 saturated heterocycles. The number of hydrogen-bond acceptors (Lipinski definition) is 10. The zero-order valence-electron chi connectivity index (χ0n) is 18.2. The molecule has 0 bridgehead atoms. The standard InChI is InChI=1S/C24H14N4O7S/c29-22-16(9-13-5-7-19-20(10-13)34-12-33-19)25-26-24-27(22)23(30)21(36-24)11-14-6-8-18(35-14)15-3-1-2-4-17(15)28(31)32/h1-8,10-11H,9,12H2/b21-11+. The minimum Gasteiger partial charge on any atom is -0.456 e. The van der Waals surface area contributed by atoms with Crippen molar-refractivity contribution >= 4 is 28.1 Å². The SMILES string of the molecule is O=c1c(Cc2ccc3c(c2)OCO3)nnc2s/c(=C/c3ccc(-c4ccccc4[N+](=O)[O-])o3)c(=O)n12. The zero-order valence-corrected chi connectivity index (χ0v) is 19.1. The molecule has 0 unspecified atom stereocenters. The van der Waals surface area contributed by atoms with Crippen LogP contribution in [0.3, 0.4) is 0 Å². The average molecular weight is 502 g/mol. The van der Waals surface area contributed by atoms with Gasteiger partial charge < -0.3 is 13.9 Å². The number of nitro benzene ring substituents is 1. The monoisotopic (exact) mass is 502 g/mol. The number of furan rings is 1. The first-order valence-corrected chi connectivity index (χ1v) is 11.4. The Balaban J connectivity index is 1.36. The molecule has 12 heteroatoms. The van der Waals surface area contributed by atoms with Crippen molar-refractivity contribution in [1.82, 2.24) is 14.6 Å². The molecule has 4 heterocycles. The fourth-order valence-electron chi connectivity index (χ4n) is 3.90. The van der Waals surface area contributed by atoms with Gasteiger partial charge in [0, 0.05) is 18.6 Å². The van der Waals surface area contributed by atoms with Gasteiger partial charge in [-0.3, -0.25) is 19.7 Å². The van der Waals surface area contributed by atoms with E-state index in [4.69, 9.17) is 13.9 Å². The van der Waals surface area contributed by atoms with E-state index < -0.39 is 16.0 Å². The molecule has 5 aromatic rings. The largest absolute Gasteiger partial charge is 0.456 e. The van der Waals surface area contributed by atoms with Crippen LogP contribution in [0.15, 0.2) is 68.6 Å². The summed E-state index contributed by atoms with van der Waals surface area (Å²) in [6, 6.07) is 14.7. The lowest BCUT2D eigenvalue weighted by atomic mass is 10.1. The molecule has 0 atom stereocenters. The summed E-state index contributed by atoms with van der Waals surface area (Å²) in [5.74, 6) is 1.79. The predicted octanol–water partition coefficient (Wildman–Crippen LogP) is 2.55. The summed E-state index contributed by atoms with van der Waals surface area (Å²) in [5, 5.41) is 19.4. The van der Waals surface area contributed by atoms with Gasteiger partial charge in [0.2, 0.25) is 11.8 Å². The molecule has 178 valence electrons. The third kappa shape index (κ3) is 3.69. The number of nitrogens with zero attached hydrogens (tertiary/aromatic N) is 4. The molecule has 6 rings (SSSR count). The van der Waals surface area contributed by atoms with E-state index in [9.17, 15) is 19.7 Å². The molecule has 2 aromatic carbocycles. The molecule has 11 nitrogen and oxygen atoms in total. The molecule has 0 N–H and O–H groups in total. The van der Waals surface area contributed by atoms with E-state index >= 15 is 0 Å². The molecule has 0 aliphatic carbocycles. The van der Waals surface area contributed by atoms with Crippen molar-refractivity contribution in [2.45, 2.75) is 6.42 Å². The van der Waals surface area contributed by atoms with Gasteiger partial charge in [-0.1, -0.05) is 29.5 Å². The Morgan fingerprint density at radius 3 is 2.72 bits per heavy atom. The summed E-state index contributed by atoms with van der Waals surface area (Å²) in [5.41, 5.74) is -0.00978. The van der Waals surface area contributed by atoms with Gasteiger partial charge in [-0.2, -0.15) is 0 Å². The fraction of sp³-hybridized carbons (Fsp3) is 0.0833. The lowest BCUT2D eigenvalue weighted by Crippen LogP contribution is -2.33. The Hall–Kier alpha value is -4.84. The van der Waals surface area contributed by atoms with Crippen LogP contribution in [0.1, 0.15) is 17.0 Å². The van der Waals surface area contributed by atoms with Crippen LogP contribution >= 0.6 is 11.3 Å². The number of aromatic nitrogens is 3. The number of hydrogen-bond donors (Lipinski definition) is 0. The van der Waals surface area contributed by atoms with Gasteiger partial charge in [0.05, 0.1) is 10.5 Å². The van der Waals surface area contributed by atoms with Gasteiger partial charge in [-0.15, -0.1) is 10.2 Å². The number of para-hydroxylation sites is 1. The van der Waals surface area contributed by atoms with E-state index in [1.807, 2.05) is 0 Å². The number of benzene rings is 2. The topological polar surface area (TPSA) is 139 Å². The summed E-state index contributed by atoms with van der Waals surface area (Å²) in [6.45, 7) is 0.139. The highest BCUT2D eigenvalue weighted by Crippen LogP contribution is 2.33. The van der Waals surface area contributed by atoms with Crippen LogP contribution in [0, 0.1) is 10.1 Å². The lowest BCUT2D eigenvalue weighted by Gasteiger charge is -2.02. The third-order valence-electron chi connectivity index (χ3n) is 5.59. The lowest BCUT2D eigenvalue weighted by molar-refractivity contribution is -0.384. The first-order valence-electron chi connectivity index (χ1n) is 10.6. The minimum absolute atomic E-state index is 0.0957. The normalized spacial score (nSPS) is 12.9. The molecule has 36 heavy (non-hydrogen) atoms. The highest BCUT2D eigenvalue weighted by Gasteiger charge is 2.19. The zero-order chi connectivity index (χ0) is 24.8. The van der Waals surface area contributed by atoms with Crippen LogP contribution in [0.25, 0.3) is 22.4 Å². The van der Waals surface area contributed by atoms with E-state index in [1.165, 1.54) is 12.1 Å². The van der Waals surface area contributed by atoms with E-state index in [2.05, 4.69) is 10.2 Å². The van der Waals surface area contributed by atoms with Gasteiger partial charge in [-0.05, 0) is 35.9 Å². The number of ether oxygens (including phenoxy) is 2. The van der Waals surface area contributed by atoms with Crippen molar-refractivity contribution in [1.29, 1.82) is 0 Å². The molecule has 0 amide bonds. The van der Waals surface area contributed by atoms with Crippen LogP contribution in [0.4, 0.5) is 5.69 Å². The molecule has 0 fully saturated rings. The Labute approximate surface area is 204 Å². The van der Waals surface area contributed by atoms with Crippen LogP contribution in [0.5, 0.6) is 11.5 Å². The van der Waals surface area contributed by atoms with Gasteiger partial charge in [0.15, 0.2) is 11.5 Å².